The first-order valence-electron chi connectivity index (χ1n) is 7.05. The Morgan fingerprint density at radius 1 is 1.48 bits per heavy atom. The third kappa shape index (κ3) is 3.55. The zero-order valence-corrected chi connectivity index (χ0v) is 14.8. The standard InChI is InChI=1S/C16H18BrFN2O3/c1-5-8-19-12(21)9-20(15(22)23-16(2,3)4)11-7-6-10(18)13(17)14(11)19/h5-7H,1,8-9H2,2-4H3. The second kappa shape index (κ2) is 6.31. The van der Waals surface area contributed by atoms with Crippen LogP contribution in [0.1, 0.15) is 20.8 Å². The molecule has 1 aromatic carbocycles. The Hall–Kier alpha value is -1.89. The highest BCUT2D eigenvalue weighted by molar-refractivity contribution is 9.10. The molecule has 0 fully saturated rings. The van der Waals surface area contributed by atoms with Crippen LogP contribution in [0.4, 0.5) is 20.6 Å². The van der Waals surface area contributed by atoms with Crippen LogP contribution in [0.2, 0.25) is 0 Å². The van der Waals surface area contributed by atoms with Crippen molar-refractivity contribution in [1.29, 1.82) is 0 Å². The summed E-state index contributed by atoms with van der Waals surface area (Å²) in [7, 11) is 0. The van der Waals surface area contributed by atoms with Gasteiger partial charge in [0.2, 0.25) is 5.91 Å². The van der Waals surface area contributed by atoms with E-state index in [1.165, 1.54) is 21.9 Å². The molecule has 0 atom stereocenters. The summed E-state index contributed by atoms with van der Waals surface area (Å²) in [5.41, 5.74) is 0.0106. The molecule has 1 heterocycles. The van der Waals surface area contributed by atoms with Gasteiger partial charge in [0.15, 0.2) is 0 Å². The summed E-state index contributed by atoms with van der Waals surface area (Å²) >= 11 is 3.16. The maximum atomic E-state index is 13.9. The van der Waals surface area contributed by atoms with Gasteiger partial charge in [-0.1, -0.05) is 6.08 Å². The number of nitrogens with zero attached hydrogens (tertiary/aromatic N) is 2. The van der Waals surface area contributed by atoms with Gasteiger partial charge in [-0.2, -0.15) is 0 Å². The molecule has 7 heteroatoms. The highest BCUT2D eigenvalue weighted by Crippen LogP contribution is 2.41. The van der Waals surface area contributed by atoms with E-state index < -0.39 is 17.5 Å². The van der Waals surface area contributed by atoms with Crippen LogP contribution in [-0.4, -0.2) is 30.7 Å². The molecular formula is C16H18BrFN2O3. The van der Waals surface area contributed by atoms with Crippen molar-refractivity contribution in [2.24, 2.45) is 0 Å². The van der Waals surface area contributed by atoms with Crippen molar-refractivity contribution in [1.82, 2.24) is 0 Å². The largest absolute Gasteiger partial charge is 0.443 e. The van der Waals surface area contributed by atoms with Crippen LogP contribution in [0.3, 0.4) is 0 Å². The van der Waals surface area contributed by atoms with E-state index in [0.717, 1.165) is 0 Å². The lowest BCUT2D eigenvalue weighted by Crippen LogP contribution is -2.49. The second-order valence-electron chi connectivity index (χ2n) is 6.09. The Bertz CT molecular complexity index is 670. The molecule has 0 radical (unpaired) electrons. The fourth-order valence-corrected chi connectivity index (χ4v) is 2.79. The third-order valence-corrected chi connectivity index (χ3v) is 3.88. The first-order valence-corrected chi connectivity index (χ1v) is 7.85. The molecule has 0 saturated heterocycles. The molecule has 5 nitrogen and oxygen atoms in total. The van der Waals surface area contributed by atoms with Crippen molar-refractivity contribution in [2.45, 2.75) is 26.4 Å². The number of anilines is 2. The third-order valence-electron chi connectivity index (χ3n) is 3.13. The van der Waals surface area contributed by atoms with Gasteiger partial charge < -0.3 is 9.64 Å². The summed E-state index contributed by atoms with van der Waals surface area (Å²) in [5.74, 6) is -0.855. The average Bonchev–Trinajstić information content (AvgIpc) is 2.43. The van der Waals surface area contributed by atoms with Gasteiger partial charge in [-0.05, 0) is 48.8 Å². The van der Waals surface area contributed by atoms with Crippen LogP contribution in [0.5, 0.6) is 0 Å². The Morgan fingerprint density at radius 3 is 2.70 bits per heavy atom. The van der Waals surface area contributed by atoms with E-state index in [1.54, 1.807) is 26.8 Å². The molecule has 0 N–H and O–H groups in total. The summed E-state index contributed by atoms with van der Waals surface area (Å²) in [5, 5.41) is 0. The number of rotatable bonds is 2. The monoisotopic (exact) mass is 384 g/mol. The van der Waals surface area contributed by atoms with Crippen molar-refractivity contribution >= 4 is 39.3 Å². The van der Waals surface area contributed by atoms with Crippen LogP contribution in [0.15, 0.2) is 29.3 Å². The van der Waals surface area contributed by atoms with Gasteiger partial charge in [0, 0.05) is 6.54 Å². The second-order valence-corrected chi connectivity index (χ2v) is 6.88. The molecule has 1 aliphatic heterocycles. The Balaban J connectivity index is 2.52. The van der Waals surface area contributed by atoms with E-state index in [2.05, 4.69) is 22.5 Å². The zero-order valence-electron chi connectivity index (χ0n) is 13.2. The number of benzene rings is 1. The smallest absolute Gasteiger partial charge is 0.415 e. The maximum Gasteiger partial charge on any atom is 0.415 e. The molecule has 0 bridgehead atoms. The van der Waals surface area contributed by atoms with Crippen molar-refractivity contribution in [3.63, 3.8) is 0 Å². The number of halogens is 2. The van der Waals surface area contributed by atoms with Gasteiger partial charge in [0.05, 0.1) is 15.8 Å². The zero-order chi connectivity index (χ0) is 17.4. The SMILES string of the molecule is C=CCN1C(=O)CN(C(=O)OC(C)(C)C)c2ccc(F)c(Br)c21. The van der Waals surface area contributed by atoms with Gasteiger partial charge in [-0.3, -0.25) is 9.69 Å². The van der Waals surface area contributed by atoms with Crippen LogP contribution >= 0.6 is 15.9 Å². The molecule has 1 aromatic rings. The van der Waals surface area contributed by atoms with E-state index in [1.807, 2.05) is 0 Å². The minimum absolute atomic E-state index is 0.124. The van der Waals surface area contributed by atoms with Crippen molar-refractivity contribution < 1.29 is 18.7 Å². The summed E-state index contributed by atoms with van der Waals surface area (Å²) in [6.45, 7) is 8.87. The molecule has 2 amide bonds. The van der Waals surface area contributed by atoms with Crippen LogP contribution in [0, 0.1) is 5.82 Å². The molecule has 0 aromatic heterocycles. The van der Waals surface area contributed by atoms with Crippen LogP contribution in [0.25, 0.3) is 0 Å². The first kappa shape index (κ1) is 17.5. The summed E-state index contributed by atoms with van der Waals surface area (Å²) in [6, 6.07) is 2.70. The van der Waals surface area contributed by atoms with E-state index in [0.29, 0.717) is 11.4 Å². The highest BCUT2D eigenvalue weighted by Gasteiger charge is 2.36. The molecule has 2 rings (SSSR count). The Morgan fingerprint density at radius 2 is 2.13 bits per heavy atom. The maximum absolute atomic E-state index is 13.9. The van der Waals surface area contributed by atoms with Gasteiger partial charge >= 0.3 is 6.09 Å². The van der Waals surface area contributed by atoms with E-state index in [-0.39, 0.29) is 23.5 Å². The van der Waals surface area contributed by atoms with E-state index >= 15 is 0 Å². The number of carbonyl (C=O) groups excluding carboxylic acids is 2. The Kier molecular flexibility index (Phi) is 4.79. The van der Waals surface area contributed by atoms with Crippen molar-refractivity contribution in [3.8, 4) is 0 Å². The number of amides is 2. The molecule has 0 aliphatic carbocycles. The van der Waals surface area contributed by atoms with Gasteiger partial charge in [-0.15, -0.1) is 6.58 Å². The lowest BCUT2D eigenvalue weighted by molar-refractivity contribution is -0.117. The fourth-order valence-electron chi connectivity index (χ4n) is 2.24. The summed E-state index contributed by atoms with van der Waals surface area (Å²) < 4.78 is 19.4. The molecular weight excluding hydrogens is 367 g/mol. The van der Waals surface area contributed by atoms with Gasteiger partial charge in [0.25, 0.3) is 0 Å². The number of hydrogen-bond donors (Lipinski definition) is 0. The summed E-state index contributed by atoms with van der Waals surface area (Å²) in [4.78, 5) is 27.4. The lowest BCUT2D eigenvalue weighted by Gasteiger charge is -2.37. The average molecular weight is 385 g/mol. The topological polar surface area (TPSA) is 49.9 Å². The molecule has 0 spiro atoms. The highest BCUT2D eigenvalue weighted by atomic mass is 79.9. The van der Waals surface area contributed by atoms with Gasteiger partial charge in [0.1, 0.15) is 18.0 Å². The number of hydrogen-bond acceptors (Lipinski definition) is 3. The van der Waals surface area contributed by atoms with E-state index in [9.17, 15) is 14.0 Å². The number of fused-ring (bicyclic) bond motifs is 1. The Labute approximate surface area is 142 Å². The molecule has 0 saturated carbocycles. The molecule has 124 valence electrons. The molecule has 0 unspecified atom stereocenters. The van der Waals surface area contributed by atoms with Crippen LogP contribution in [-0.2, 0) is 9.53 Å². The predicted octanol–water partition coefficient (Wildman–Crippen LogP) is 3.86. The van der Waals surface area contributed by atoms with E-state index in [4.69, 9.17) is 4.74 Å². The van der Waals surface area contributed by atoms with Gasteiger partial charge in [-0.25, -0.2) is 9.18 Å². The fraction of sp³-hybridized carbons (Fsp3) is 0.375. The van der Waals surface area contributed by atoms with Crippen molar-refractivity contribution in [2.75, 3.05) is 22.9 Å². The molecule has 23 heavy (non-hydrogen) atoms. The minimum atomic E-state index is -0.699. The first-order chi connectivity index (χ1) is 10.7. The quantitative estimate of drug-likeness (QED) is 0.727. The summed E-state index contributed by atoms with van der Waals surface area (Å²) in [6.07, 6.45) is 0.895. The molecule has 1 aliphatic rings. The lowest BCUT2D eigenvalue weighted by atomic mass is 10.1. The van der Waals surface area contributed by atoms with Crippen molar-refractivity contribution in [3.05, 3.63) is 35.1 Å². The predicted molar refractivity (Wildman–Crippen MR) is 90.2 cm³/mol. The number of carbonyl (C=O) groups is 2. The minimum Gasteiger partial charge on any atom is -0.443 e. The normalized spacial score (nSPS) is 14.6. The number of ether oxygens (including phenoxy) is 1. The van der Waals surface area contributed by atoms with Crippen LogP contribution < -0.4 is 9.80 Å².